The maximum Gasteiger partial charge on any atom is 0.119 e. The first-order chi connectivity index (χ1) is 6.30. The van der Waals surface area contributed by atoms with E-state index in [9.17, 15) is 0 Å². The van der Waals surface area contributed by atoms with Gasteiger partial charge in [-0.3, -0.25) is 0 Å². The van der Waals surface area contributed by atoms with E-state index in [1.165, 1.54) is 11.1 Å². The highest BCUT2D eigenvalue weighted by atomic mass is 16.5. The largest absolute Gasteiger partial charge is 0.497 e. The van der Waals surface area contributed by atoms with E-state index in [0.717, 1.165) is 18.7 Å². The van der Waals surface area contributed by atoms with Crippen LogP contribution in [0.1, 0.15) is 18.1 Å². The molecule has 72 valence electrons. The summed E-state index contributed by atoms with van der Waals surface area (Å²) in [5.41, 5.74) is 2.60. The lowest BCUT2D eigenvalue weighted by molar-refractivity contribution is 0.413. The highest BCUT2D eigenvalue weighted by molar-refractivity contribution is 5.34. The second-order valence-corrected chi connectivity index (χ2v) is 3.07. The van der Waals surface area contributed by atoms with Gasteiger partial charge in [0.15, 0.2) is 0 Å². The van der Waals surface area contributed by atoms with Gasteiger partial charge < -0.3 is 10.1 Å². The van der Waals surface area contributed by atoms with E-state index in [0.29, 0.717) is 0 Å². The summed E-state index contributed by atoms with van der Waals surface area (Å²) >= 11 is 0. The molecule has 0 aliphatic rings. The summed E-state index contributed by atoms with van der Waals surface area (Å²) < 4.78 is 5.22. The van der Waals surface area contributed by atoms with Crippen molar-refractivity contribution in [1.29, 1.82) is 0 Å². The predicted molar refractivity (Wildman–Crippen MR) is 55.1 cm³/mol. The molecule has 0 atom stereocenters. The first kappa shape index (κ1) is 10.1. The number of hydrogen-bond donors (Lipinski definition) is 1. The van der Waals surface area contributed by atoms with Gasteiger partial charge in [0.2, 0.25) is 0 Å². The van der Waals surface area contributed by atoms with Crippen molar-refractivity contribution < 1.29 is 4.74 Å². The molecule has 0 aliphatic heterocycles. The lowest BCUT2D eigenvalue weighted by atomic mass is 10.1. The van der Waals surface area contributed by atoms with E-state index < -0.39 is 0 Å². The Hall–Kier alpha value is -1.02. The highest BCUT2D eigenvalue weighted by Gasteiger charge is 1.98. The summed E-state index contributed by atoms with van der Waals surface area (Å²) in [7, 11) is 3.66. The minimum atomic E-state index is 0.893. The van der Waals surface area contributed by atoms with E-state index in [1.54, 1.807) is 7.11 Å². The molecule has 1 N–H and O–H groups in total. The van der Waals surface area contributed by atoms with E-state index in [-0.39, 0.29) is 0 Å². The molecule has 1 rings (SSSR count). The molecule has 1 aromatic carbocycles. The van der Waals surface area contributed by atoms with Crippen molar-refractivity contribution in [2.45, 2.75) is 19.9 Å². The van der Waals surface area contributed by atoms with Gasteiger partial charge in [-0.05, 0) is 36.7 Å². The van der Waals surface area contributed by atoms with Crippen molar-refractivity contribution in [3.63, 3.8) is 0 Å². The van der Waals surface area contributed by atoms with Gasteiger partial charge >= 0.3 is 0 Å². The van der Waals surface area contributed by atoms with Gasteiger partial charge in [0.05, 0.1) is 7.11 Å². The predicted octanol–water partition coefficient (Wildman–Crippen LogP) is 1.98. The van der Waals surface area contributed by atoms with E-state index in [4.69, 9.17) is 4.74 Å². The van der Waals surface area contributed by atoms with Crippen molar-refractivity contribution in [1.82, 2.24) is 5.32 Å². The quantitative estimate of drug-likeness (QED) is 0.763. The van der Waals surface area contributed by atoms with Crippen LogP contribution >= 0.6 is 0 Å². The number of hydrogen-bond acceptors (Lipinski definition) is 2. The zero-order chi connectivity index (χ0) is 9.68. The zero-order valence-corrected chi connectivity index (χ0v) is 8.55. The van der Waals surface area contributed by atoms with Crippen LogP contribution in [0.5, 0.6) is 5.75 Å². The molecule has 0 fully saturated rings. The molecule has 2 nitrogen and oxygen atoms in total. The van der Waals surface area contributed by atoms with Crippen LogP contribution < -0.4 is 10.1 Å². The van der Waals surface area contributed by atoms with Crippen molar-refractivity contribution in [3.05, 3.63) is 29.3 Å². The summed E-state index contributed by atoms with van der Waals surface area (Å²) in [6.45, 7) is 3.04. The Morgan fingerprint density at radius 1 is 1.23 bits per heavy atom. The Morgan fingerprint density at radius 2 is 1.92 bits per heavy atom. The number of nitrogens with one attached hydrogen (secondary N) is 1. The molecule has 0 spiro atoms. The lowest BCUT2D eigenvalue weighted by Gasteiger charge is -2.07. The molecule has 0 unspecified atom stereocenters. The molecular weight excluding hydrogens is 162 g/mol. The molecule has 0 saturated heterocycles. The zero-order valence-electron chi connectivity index (χ0n) is 8.55. The van der Waals surface area contributed by atoms with Crippen molar-refractivity contribution in [2.75, 3.05) is 14.2 Å². The van der Waals surface area contributed by atoms with Gasteiger partial charge in [-0.1, -0.05) is 13.0 Å². The standard InChI is InChI=1S/C11H17NO/c1-4-9-5-10(8-12-2)7-11(6-9)13-3/h5-7,12H,4,8H2,1-3H3. The molecule has 0 aliphatic carbocycles. The lowest BCUT2D eigenvalue weighted by Crippen LogP contribution is -2.05. The molecule has 0 saturated carbocycles. The van der Waals surface area contributed by atoms with Crippen LogP contribution in [0.3, 0.4) is 0 Å². The molecular formula is C11H17NO. The van der Waals surface area contributed by atoms with Gasteiger partial charge in [-0.2, -0.15) is 0 Å². The fourth-order valence-electron chi connectivity index (χ4n) is 1.36. The van der Waals surface area contributed by atoms with E-state index in [1.807, 2.05) is 7.05 Å². The SMILES string of the molecule is CCc1cc(CNC)cc(OC)c1. The van der Waals surface area contributed by atoms with Crippen LogP contribution in [0.15, 0.2) is 18.2 Å². The fourth-order valence-corrected chi connectivity index (χ4v) is 1.36. The Bertz CT molecular complexity index is 249. The average molecular weight is 179 g/mol. The third-order valence-electron chi connectivity index (χ3n) is 2.05. The second-order valence-electron chi connectivity index (χ2n) is 3.07. The van der Waals surface area contributed by atoms with Crippen LogP contribution in [0.2, 0.25) is 0 Å². The van der Waals surface area contributed by atoms with Gasteiger partial charge in [-0.25, -0.2) is 0 Å². The summed E-state index contributed by atoms with van der Waals surface area (Å²) in [5, 5.41) is 3.13. The van der Waals surface area contributed by atoms with Crippen LogP contribution in [-0.2, 0) is 13.0 Å². The normalized spacial score (nSPS) is 10.1. The van der Waals surface area contributed by atoms with Gasteiger partial charge in [0.1, 0.15) is 5.75 Å². The average Bonchev–Trinajstić information content (AvgIpc) is 2.17. The van der Waals surface area contributed by atoms with Crippen molar-refractivity contribution in [3.8, 4) is 5.75 Å². The molecule has 13 heavy (non-hydrogen) atoms. The Kier molecular flexibility index (Phi) is 3.77. The first-order valence-electron chi connectivity index (χ1n) is 4.61. The number of rotatable bonds is 4. The summed E-state index contributed by atoms with van der Waals surface area (Å²) in [4.78, 5) is 0. The number of ether oxygens (including phenoxy) is 1. The topological polar surface area (TPSA) is 21.3 Å². The van der Waals surface area contributed by atoms with Crippen LogP contribution in [0, 0.1) is 0 Å². The van der Waals surface area contributed by atoms with Gasteiger partial charge in [-0.15, -0.1) is 0 Å². The van der Waals surface area contributed by atoms with Crippen molar-refractivity contribution in [2.24, 2.45) is 0 Å². The van der Waals surface area contributed by atoms with Gasteiger partial charge in [0.25, 0.3) is 0 Å². The first-order valence-corrected chi connectivity index (χ1v) is 4.61. The van der Waals surface area contributed by atoms with E-state index in [2.05, 4.69) is 30.4 Å². The van der Waals surface area contributed by atoms with Gasteiger partial charge in [0, 0.05) is 6.54 Å². The monoisotopic (exact) mass is 179 g/mol. The molecule has 0 amide bonds. The number of aryl methyl sites for hydroxylation is 1. The maximum atomic E-state index is 5.22. The Morgan fingerprint density at radius 3 is 2.46 bits per heavy atom. The summed E-state index contributed by atoms with van der Waals surface area (Å²) in [6.07, 6.45) is 1.05. The van der Waals surface area contributed by atoms with Crippen molar-refractivity contribution >= 4 is 0 Å². The molecule has 0 radical (unpaired) electrons. The molecule has 1 aromatic rings. The summed E-state index contributed by atoms with van der Waals surface area (Å²) in [5.74, 6) is 0.949. The molecule has 2 heteroatoms. The minimum Gasteiger partial charge on any atom is -0.497 e. The summed E-state index contributed by atoms with van der Waals surface area (Å²) in [6, 6.07) is 6.36. The smallest absolute Gasteiger partial charge is 0.119 e. The van der Waals surface area contributed by atoms with E-state index >= 15 is 0 Å². The van der Waals surface area contributed by atoms with Crippen LogP contribution in [0.4, 0.5) is 0 Å². The van der Waals surface area contributed by atoms with Crippen LogP contribution in [0.25, 0.3) is 0 Å². The Labute approximate surface area is 79.9 Å². The Balaban J connectivity index is 2.93. The number of benzene rings is 1. The third kappa shape index (κ3) is 2.74. The minimum absolute atomic E-state index is 0.893. The van der Waals surface area contributed by atoms with Crippen LogP contribution in [-0.4, -0.2) is 14.2 Å². The highest BCUT2D eigenvalue weighted by Crippen LogP contribution is 2.17. The molecule has 0 heterocycles. The third-order valence-corrected chi connectivity index (χ3v) is 2.05. The second kappa shape index (κ2) is 4.87. The maximum absolute atomic E-state index is 5.22. The fraction of sp³-hybridized carbons (Fsp3) is 0.455. The molecule has 0 bridgehead atoms. The number of methoxy groups -OCH3 is 1. The molecule has 0 aromatic heterocycles.